The van der Waals surface area contributed by atoms with Crippen molar-refractivity contribution >= 4 is 28.6 Å². The summed E-state index contributed by atoms with van der Waals surface area (Å²) in [6, 6.07) is 7.59. The van der Waals surface area contributed by atoms with Gasteiger partial charge in [-0.05, 0) is 35.9 Å². The highest BCUT2D eigenvalue weighted by molar-refractivity contribution is 5.90. The molecule has 12 nitrogen and oxygen atoms in total. The number of anilines is 2. The molecular formula is C26H30F3N9O3. The predicted molar refractivity (Wildman–Crippen MR) is 145 cm³/mol. The van der Waals surface area contributed by atoms with E-state index in [2.05, 4.69) is 15.8 Å². The molecule has 1 fully saturated rings. The molecule has 3 N–H and O–H groups in total. The molecule has 2 aromatic heterocycles. The number of urea groups is 1. The zero-order valence-corrected chi connectivity index (χ0v) is 22.5. The Kier molecular flexibility index (Phi) is 8.37. The number of amides is 2. The number of fused-ring (bicyclic) bond motifs is 1. The number of pyridine rings is 1. The molecule has 218 valence electrons. The minimum Gasteiger partial charge on any atom is -0.378 e. The molecule has 41 heavy (non-hydrogen) atoms. The third kappa shape index (κ3) is 7.11. The topological polar surface area (TPSA) is 120 Å². The molecule has 0 spiro atoms. The van der Waals surface area contributed by atoms with Gasteiger partial charge in [-0.1, -0.05) is 0 Å². The van der Waals surface area contributed by atoms with Gasteiger partial charge in [0.25, 0.3) is 0 Å². The number of halogens is 3. The van der Waals surface area contributed by atoms with E-state index >= 15 is 0 Å². The molecule has 2 amide bonds. The number of hydrazine groups is 2. The van der Waals surface area contributed by atoms with Gasteiger partial charge in [-0.15, -0.1) is 5.53 Å². The number of ether oxygens (including phenoxy) is 2. The number of nitrogens with one attached hydrogen (secondary N) is 3. The largest absolute Gasteiger partial charge is 0.405 e. The summed E-state index contributed by atoms with van der Waals surface area (Å²) in [4.78, 5) is 28.3. The average Bonchev–Trinajstić information content (AvgIpc) is 3.30. The summed E-state index contributed by atoms with van der Waals surface area (Å²) in [6.07, 6.45) is -0.715. The number of methoxy groups -OCH3 is 1. The van der Waals surface area contributed by atoms with Crippen molar-refractivity contribution in [2.75, 3.05) is 63.8 Å². The number of hydrogen-bond donors (Lipinski definition) is 3. The van der Waals surface area contributed by atoms with Gasteiger partial charge in [-0.25, -0.2) is 14.8 Å². The molecule has 3 aromatic rings. The van der Waals surface area contributed by atoms with Crippen molar-refractivity contribution in [3.8, 4) is 11.4 Å². The van der Waals surface area contributed by atoms with Crippen molar-refractivity contribution in [2.24, 2.45) is 0 Å². The second kappa shape index (κ2) is 12.1. The van der Waals surface area contributed by atoms with E-state index in [-0.39, 0.29) is 0 Å². The molecule has 1 saturated heterocycles. The summed E-state index contributed by atoms with van der Waals surface area (Å²) < 4.78 is 47.9. The van der Waals surface area contributed by atoms with Gasteiger partial charge in [0, 0.05) is 50.9 Å². The van der Waals surface area contributed by atoms with Crippen molar-refractivity contribution < 1.29 is 27.4 Å². The van der Waals surface area contributed by atoms with Crippen LogP contribution in [0.15, 0.2) is 48.4 Å². The second-order valence-electron chi connectivity index (χ2n) is 9.52. The Balaban J connectivity index is 1.41. The zero-order valence-electron chi connectivity index (χ0n) is 22.5. The summed E-state index contributed by atoms with van der Waals surface area (Å²) in [5.41, 5.74) is 7.48. The quantitative estimate of drug-likeness (QED) is 0.371. The number of nitrogens with zero attached hydrogens (tertiary/aromatic N) is 6. The van der Waals surface area contributed by atoms with Crippen molar-refractivity contribution in [3.63, 3.8) is 0 Å². The molecule has 0 unspecified atom stereocenters. The van der Waals surface area contributed by atoms with Crippen molar-refractivity contribution in [1.82, 2.24) is 35.8 Å². The third-order valence-corrected chi connectivity index (χ3v) is 6.39. The van der Waals surface area contributed by atoms with Gasteiger partial charge >= 0.3 is 12.2 Å². The number of aromatic nitrogens is 3. The lowest BCUT2D eigenvalue weighted by atomic mass is 10.1. The zero-order chi connectivity index (χ0) is 29.0. The summed E-state index contributed by atoms with van der Waals surface area (Å²) in [6.45, 7) is 2.03. The van der Waals surface area contributed by atoms with Crippen LogP contribution in [-0.4, -0.2) is 90.8 Å². The van der Waals surface area contributed by atoms with E-state index < -0.39 is 18.8 Å². The Labute approximate surface area is 234 Å². The summed E-state index contributed by atoms with van der Waals surface area (Å²) in [5.74, 6) is 1.14. The first kappa shape index (κ1) is 28.3. The molecule has 0 saturated carbocycles. The first-order valence-electron chi connectivity index (χ1n) is 12.9. The fourth-order valence-electron chi connectivity index (χ4n) is 4.43. The van der Waals surface area contributed by atoms with Crippen LogP contribution in [0.2, 0.25) is 0 Å². The van der Waals surface area contributed by atoms with Crippen LogP contribution in [0.4, 0.5) is 29.5 Å². The minimum absolute atomic E-state index is 0.329. The average molecular weight is 574 g/mol. The van der Waals surface area contributed by atoms with Gasteiger partial charge in [0.2, 0.25) is 0 Å². The molecular weight excluding hydrogens is 543 g/mol. The number of morpholine rings is 1. The Bertz CT molecular complexity index is 1410. The maximum absolute atomic E-state index is 12.4. The van der Waals surface area contributed by atoms with Crippen molar-refractivity contribution in [3.05, 3.63) is 54.0 Å². The molecule has 5 rings (SSSR count). The van der Waals surface area contributed by atoms with E-state index in [1.54, 1.807) is 36.7 Å². The lowest BCUT2D eigenvalue weighted by Gasteiger charge is -2.28. The summed E-state index contributed by atoms with van der Waals surface area (Å²) >= 11 is 0. The van der Waals surface area contributed by atoms with E-state index in [0.29, 0.717) is 73.4 Å². The van der Waals surface area contributed by atoms with Gasteiger partial charge < -0.3 is 25.0 Å². The molecule has 15 heteroatoms. The number of likely N-dealkylation sites (N-methyl/N-ethyl adjacent to an activating group) is 1. The maximum atomic E-state index is 12.4. The number of alkyl halides is 3. The standard InChI is InChI=1S/C26H30F3N9O3/c1-36-20(15-40-2)14-38(35-36)13-17-11-21-22(30-12-17)24(37-7-9-41-10-8-37)34-23(33-21)18-3-5-19(6-4-18)32-25(39)31-16-26(27,28)29/h3-6,11-12,14,35H,7-10,13,15-16H2,1-2H3,(H2,31,32,39). The molecule has 2 aliphatic heterocycles. The van der Waals surface area contributed by atoms with Gasteiger partial charge in [-0.3, -0.25) is 15.0 Å². The molecule has 0 aliphatic carbocycles. The number of carbonyl (C=O) groups excluding carboxylic acids is 1. The van der Waals surface area contributed by atoms with Crippen LogP contribution >= 0.6 is 0 Å². The Morgan fingerprint density at radius 3 is 2.63 bits per heavy atom. The highest BCUT2D eigenvalue weighted by atomic mass is 19.4. The van der Waals surface area contributed by atoms with Crippen LogP contribution in [0.25, 0.3) is 22.4 Å². The van der Waals surface area contributed by atoms with Gasteiger partial charge in [0.1, 0.15) is 12.1 Å². The van der Waals surface area contributed by atoms with Gasteiger partial charge in [0.15, 0.2) is 11.6 Å². The number of rotatable bonds is 8. The Morgan fingerprint density at radius 2 is 1.93 bits per heavy atom. The minimum atomic E-state index is -4.49. The van der Waals surface area contributed by atoms with Crippen molar-refractivity contribution in [2.45, 2.75) is 12.7 Å². The number of benzene rings is 1. The van der Waals surface area contributed by atoms with E-state index in [9.17, 15) is 18.0 Å². The van der Waals surface area contributed by atoms with E-state index in [1.165, 1.54) is 0 Å². The fourth-order valence-corrected chi connectivity index (χ4v) is 4.43. The van der Waals surface area contributed by atoms with Crippen LogP contribution in [0, 0.1) is 0 Å². The third-order valence-electron chi connectivity index (χ3n) is 6.39. The monoisotopic (exact) mass is 573 g/mol. The molecule has 1 aromatic carbocycles. The van der Waals surface area contributed by atoms with Crippen LogP contribution in [0.1, 0.15) is 5.56 Å². The van der Waals surface area contributed by atoms with E-state index in [4.69, 9.17) is 24.4 Å². The molecule has 0 atom stereocenters. The van der Waals surface area contributed by atoms with Crippen LogP contribution < -0.4 is 21.1 Å². The van der Waals surface area contributed by atoms with Gasteiger partial charge in [0.05, 0.1) is 37.6 Å². The molecule has 0 bridgehead atoms. The van der Waals surface area contributed by atoms with Crippen LogP contribution in [-0.2, 0) is 16.0 Å². The fraction of sp³-hybridized carbons (Fsp3) is 0.385. The normalized spacial score (nSPS) is 15.8. The molecule has 0 radical (unpaired) electrons. The predicted octanol–water partition coefficient (Wildman–Crippen LogP) is 2.87. The lowest BCUT2D eigenvalue weighted by molar-refractivity contribution is -0.122. The maximum Gasteiger partial charge on any atom is 0.405 e. The smallest absolute Gasteiger partial charge is 0.378 e. The Hall–Kier alpha value is -4.21. The highest BCUT2D eigenvalue weighted by Gasteiger charge is 2.27. The van der Waals surface area contributed by atoms with E-state index in [1.807, 2.05) is 35.5 Å². The lowest BCUT2D eigenvalue weighted by Crippen LogP contribution is -2.38. The first-order chi connectivity index (χ1) is 19.7. The van der Waals surface area contributed by atoms with Crippen molar-refractivity contribution in [1.29, 1.82) is 0 Å². The summed E-state index contributed by atoms with van der Waals surface area (Å²) in [7, 11) is 3.56. The first-order valence-corrected chi connectivity index (χ1v) is 12.9. The van der Waals surface area contributed by atoms with E-state index in [0.717, 1.165) is 11.3 Å². The highest BCUT2D eigenvalue weighted by Crippen LogP contribution is 2.28. The second-order valence-corrected chi connectivity index (χ2v) is 9.52. The van der Waals surface area contributed by atoms with Crippen LogP contribution in [0.5, 0.6) is 0 Å². The SMILES string of the molecule is COCC1=CN(Cc2cnc3c(N4CCOCC4)nc(-c4ccc(NC(=O)NCC(F)(F)F)cc4)nc3c2)NN1C. The Morgan fingerprint density at radius 1 is 1.17 bits per heavy atom. The molecule has 2 aliphatic rings. The molecule has 4 heterocycles. The summed E-state index contributed by atoms with van der Waals surface area (Å²) in [5, 5.41) is 7.98. The number of hydrogen-bond acceptors (Lipinski definition) is 10. The number of carbonyl (C=O) groups is 1. The van der Waals surface area contributed by atoms with Crippen LogP contribution in [0.3, 0.4) is 0 Å². The van der Waals surface area contributed by atoms with Gasteiger partial charge in [-0.2, -0.15) is 13.2 Å².